The monoisotopic (exact) mass is 671 g/mol. The fourth-order valence-corrected chi connectivity index (χ4v) is 5.17. The van der Waals surface area contributed by atoms with Crippen molar-refractivity contribution in [3.8, 4) is 0 Å². The second-order valence-corrected chi connectivity index (χ2v) is 12.8. The van der Waals surface area contributed by atoms with Gasteiger partial charge in [0.2, 0.25) is 0 Å². The number of carbonyl (C=O) groups is 2. The number of hydrogen-bond donors (Lipinski definition) is 0. The van der Waals surface area contributed by atoms with Gasteiger partial charge in [-0.3, -0.25) is 9.59 Å². The maximum absolute atomic E-state index is 12.5. The molecule has 0 aromatic rings. The third kappa shape index (κ3) is 36.4. The molecule has 0 radical (unpaired) electrons. The Balaban J connectivity index is 4.33. The lowest BCUT2D eigenvalue weighted by Crippen LogP contribution is -2.30. The average molecular weight is 671 g/mol. The first-order chi connectivity index (χ1) is 23.6. The molecule has 1 atom stereocenters. The zero-order valence-corrected chi connectivity index (χ0v) is 31.5. The molecule has 0 spiro atoms. The quantitative estimate of drug-likeness (QED) is 0.0381. The molecule has 0 rings (SSSR count). The molecule has 0 aromatic carbocycles. The molecular formula is C43H74O5. The van der Waals surface area contributed by atoms with Gasteiger partial charge in [0, 0.05) is 13.0 Å². The van der Waals surface area contributed by atoms with E-state index >= 15 is 0 Å². The summed E-state index contributed by atoms with van der Waals surface area (Å²) in [5, 5.41) is 0. The third-order valence-corrected chi connectivity index (χ3v) is 8.10. The number of unbranched alkanes of at least 4 members (excludes halogenated alkanes) is 15. The Bertz CT molecular complexity index is 853. The lowest BCUT2D eigenvalue weighted by molar-refractivity contribution is -0.162. The largest absolute Gasteiger partial charge is 0.461 e. The molecule has 0 saturated heterocycles. The zero-order valence-electron chi connectivity index (χ0n) is 31.5. The van der Waals surface area contributed by atoms with E-state index in [0.717, 1.165) is 64.2 Å². The summed E-state index contributed by atoms with van der Waals surface area (Å²) in [5.41, 5.74) is 0. The van der Waals surface area contributed by atoms with Gasteiger partial charge in [0.1, 0.15) is 6.61 Å². The Morgan fingerprint density at radius 1 is 0.479 bits per heavy atom. The average Bonchev–Trinajstić information content (AvgIpc) is 3.08. The molecule has 0 aromatic heterocycles. The first-order valence-electron chi connectivity index (χ1n) is 19.8. The molecule has 0 fully saturated rings. The summed E-state index contributed by atoms with van der Waals surface area (Å²) in [4.78, 5) is 24.9. The Kier molecular flexibility index (Phi) is 37.1. The highest BCUT2D eigenvalue weighted by molar-refractivity contribution is 5.71. The van der Waals surface area contributed by atoms with Crippen LogP contribution in [0.1, 0.15) is 175 Å². The Hall–Kier alpha value is -2.40. The summed E-state index contributed by atoms with van der Waals surface area (Å²) < 4.78 is 17.0. The van der Waals surface area contributed by atoms with Crippen molar-refractivity contribution >= 4 is 11.9 Å². The van der Waals surface area contributed by atoms with Gasteiger partial charge < -0.3 is 14.2 Å². The number of carbonyl (C=O) groups excluding carboxylic acids is 2. The van der Waals surface area contributed by atoms with Crippen molar-refractivity contribution in [1.29, 1.82) is 0 Å². The van der Waals surface area contributed by atoms with Crippen LogP contribution in [0, 0.1) is 0 Å². The predicted octanol–water partition coefficient (Wildman–Crippen LogP) is 12.7. The Labute approximate surface area is 296 Å². The van der Waals surface area contributed by atoms with E-state index in [1.165, 1.54) is 77.0 Å². The first-order valence-corrected chi connectivity index (χ1v) is 19.8. The fourth-order valence-electron chi connectivity index (χ4n) is 5.17. The van der Waals surface area contributed by atoms with Crippen molar-refractivity contribution in [3.63, 3.8) is 0 Å². The molecule has 0 heterocycles. The predicted molar refractivity (Wildman–Crippen MR) is 205 cm³/mol. The highest BCUT2D eigenvalue weighted by Crippen LogP contribution is 2.12. The van der Waals surface area contributed by atoms with Crippen molar-refractivity contribution in [1.82, 2.24) is 0 Å². The molecular weight excluding hydrogens is 596 g/mol. The number of esters is 2. The highest BCUT2D eigenvalue weighted by Gasteiger charge is 2.17. The van der Waals surface area contributed by atoms with Crippen LogP contribution in [0.3, 0.4) is 0 Å². The molecule has 48 heavy (non-hydrogen) atoms. The normalized spacial score (nSPS) is 12.8. The second-order valence-electron chi connectivity index (χ2n) is 12.8. The smallest absolute Gasteiger partial charge is 0.309 e. The van der Waals surface area contributed by atoms with E-state index in [0.29, 0.717) is 13.0 Å². The summed E-state index contributed by atoms with van der Waals surface area (Å²) >= 11 is 0. The van der Waals surface area contributed by atoms with Crippen LogP contribution in [-0.4, -0.2) is 37.9 Å². The first kappa shape index (κ1) is 45.6. The summed E-state index contributed by atoms with van der Waals surface area (Å²) in [5.74, 6) is -0.552. The van der Waals surface area contributed by atoms with Gasteiger partial charge in [-0.1, -0.05) is 178 Å². The topological polar surface area (TPSA) is 61.8 Å². The van der Waals surface area contributed by atoms with Crippen LogP contribution < -0.4 is 0 Å². The van der Waals surface area contributed by atoms with Crippen molar-refractivity contribution in [3.05, 3.63) is 60.8 Å². The lowest BCUT2D eigenvalue weighted by atomic mass is 10.1. The van der Waals surface area contributed by atoms with Crippen LogP contribution in [-0.2, 0) is 23.8 Å². The maximum Gasteiger partial charge on any atom is 0.309 e. The van der Waals surface area contributed by atoms with Gasteiger partial charge in [-0.2, -0.15) is 0 Å². The highest BCUT2D eigenvalue weighted by atomic mass is 16.6. The minimum absolute atomic E-state index is 0.0321. The maximum atomic E-state index is 12.5. The van der Waals surface area contributed by atoms with Gasteiger partial charge in [-0.15, -0.1) is 0 Å². The molecule has 1 unspecified atom stereocenters. The molecule has 0 amide bonds. The van der Waals surface area contributed by atoms with E-state index in [4.69, 9.17) is 14.2 Å². The molecule has 0 N–H and O–H groups in total. The van der Waals surface area contributed by atoms with Gasteiger partial charge in [0.05, 0.1) is 13.0 Å². The van der Waals surface area contributed by atoms with Crippen LogP contribution in [0.4, 0.5) is 0 Å². The number of ether oxygens (including phenoxy) is 3. The summed E-state index contributed by atoms with van der Waals surface area (Å²) in [6.45, 7) is 7.55. The molecule has 5 nitrogen and oxygen atoms in total. The Morgan fingerprint density at radius 2 is 0.917 bits per heavy atom. The summed E-state index contributed by atoms with van der Waals surface area (Å²) in [6, 6.07) is 0. The molecule has 276 valence electrons. The van der Waals surface area contributed by atoms with Gasteiger partial charge in [0.15, 0.2) is 6.10 Å². The molecule has 0 saturated carbocycles. The number of rotatable bonds is 35. The number of allylic oxidation sites excluding steroid dienone is 9. The molecule has 0 aliphatic heterocycles. The van der Waals surface area contributed by atoms with Crippen LogP contribution in [0.15, 0.2) is 60.8 Å². The van der Waals surface area contributed by atoms with Crippen LogP contribution >= 0.6 is 0 Å². The van der Waals surface area contributed by atoms with E-state index in [1.807, 2.05) is 12.2 Å². The van der Waals surface area contributed by atoms with Gasteiger partial charge >= 0.3 is 11.9 Å². The fraction of sp³-hybridized carbons (Fsp3) is 0.721. The third-order valence-electron chi connectivity index (χ3n) is 8.10. The van der Waals surface area contributed by atoms with Crippen LogP contribution in [0.25, 0.3) is 0 Å². The van der Waals surface area contributed by atoms with Crippen LogP contribution in [0.5, 0.6) is 0 Å². The van der Waals surface area contributed by atoms with Crippen molar-refractivity contribution in [2.45, 2.75) is 181 Å². The molecule has 0 aliphatic carbocycles. The summed E-state index contributed by atoms with van der Waals surface area (Å²) in [6.07, 6.45) is 46.7. The van der Waals surface area contributed by atoms with Gasteiger partial charge in [0.25, 0.3) is 0 Å². The van der Waals surface area contributed by atoms with Crippen LogP contribution in [0.2, 0.25) is 0 Å². The van der Waals surface area contributed by atoms with Crippen molar-refractivity contribution in [2.24, 2.45) is 0 Å². The SMILES string of the molecule is CC/C=C\C/C=C\C/C=C\C/C=C\C/C=C\CC(=O)OCC(COCCCCCCCCCCCC)OC(=O)CCCCCCCCC. The number of hydrogen-bond acceptors (Lipinski definition) is 5. The van der Waals surface area contributed by atoms with E-state index in [-0.39, 0.29) is 31.6 Å². The van der Waals surface area contributed by atoms with Crippen molar-refractivity contribution < 1.29 is 23.8 Å². The molecule has 5 heteroatoms. The Morgan fingerprint density at radius 3 is 1.42 bits per heavy atom. The lowest BCUT2D eigenvalue weighted by Gasteiger charge is -2.18. The van der Waals surface area contributed by atoms with Gasteiger partial charge in [-0.25, -0.2) is 0 Å². The minimum Gasteiger partial charge on any atom is -0.461 e. The van der Waals surface area contributed by atoms with E-state index in [1.54, 1.807) is 0 Å². The van der Waals surface area contributed by atoms with E-state index in [2.05, 4.69) is 69.4 Å². The van der Waals surface area contributed by atoms with Gasteiger partial charge in [-0.05, 0) is 44.9 Å². The van der Waals surface area contributed by atoms with E-state index < -0.39 is 6.10 Å². The second kappa shape index (κ2) is 39.0. The standard InChI is InChI=1S/C43H74O5/c1-4-7-10-13-16-18-20-21-22-23-24-25-28-30-33-36-42(44)47-40-41(48-43(45)37-34-31-27-15-12-9-6-3)39-46-38-35-32-29-26-19-17-14-11-8-5-2/h7,10,16,18,21-22,24-25,30,33,41H,4-6,8-9,11-15,17,19-20,23,26-29,31-32,34-40H2,1-3H3/b10-7-,18-16-,22-21-,25-24-,33-30-. The molecule has 0 aliphatic rings. The summed E-state index contributed by atoms with van der Waals surface area (Å²) in [7, 11) is 0. The van der Waals surface area contributed by atoms with E-state index in [9.17, 15) is 9.59 Å². The van der Waals surface area contributed by atoms with Crippen molar-refractivity contribution in [2.75, 3.05) is 19.8 Å². The molecule has 0 bridgehead atoms. The minimum atomic E-state index is -0.567. The zero-order chi connectivity index (χ0) is 35.0.